The summed E-state index contributed by atoms with van der Waals surface area (Å²) in [5, 5.41) is 49.7. The van der Waals surface area contributed by atoms with E-state index in [2.05, 4.69) is 21.3 Å². The van der Waals surface area contributed by atoms with Crippen LogP contribution in [0.25, 0.3) is 0 Å². The lowest BCUT2D eigenvalue weighted by Gasteiger charge is -2.25. The summed E-state index contributed by atoms with van der Waals surface area (Å²) < 4.78 is 5.92. The van der Waals surface area contributed by atoms with Crippen molar-refractivity contribution >= 4 is 59.3 Å². The molecule has 0 unspecified atom stereocenters. The van der Waals surface area contributed by atoms with E-state index in [0.29, 0.717) is 0 Å². The van der Waals surface area contributed by atoms with Crippen molar-refractivity contribution in [1.29, 1.82) is 0 Å². The van der Waals surface area contributed by atoms with Gasteiger partial charge < -0.3 is 69.8 Å². The molecule has 0 spiro atoms. The van der Waals surface area contributed by atoms with Gasteiger partial charge in [0.15, 0.2) is 0 Å². The van der Waals surface area contributed by atoms with Crippen molar-refractivity contribution in [1.82, 2.24) is 49.3 Å². The number of nitrogens with one attached hydrogen (secondary N) is 4. The fraction of sp³-hybridized carbons (Fsp3) is 0.385. The van der Waals surface area contributed by atoms with E-state index < -0.39 is 83.5 Å². The molecule has 406 valence electrons. The number of nitrogens with zero attached hydrogens (tertiary/aromatic N) is 6. The predicted octanol–water partition coefficient (Wildman–Crippen LogP) is 2.67. The smallest absolute Gasteiger partial charge is 0.326 e. The number of hydrogen-bond donors (Lipinski definition) is 8. The van der Waals surface area contributed by atoms with Gasteiger partial charge >= 0.3 is 23.9 Å². The van der Waals surface area contributed by atoms with Crippen molar-refractivity contribution in [2.75, 3.05) is 52.4 Å². The lowest BCUT2D eigenvalue weighted by Crippen LogP contribution is -2.43. The Morgan fingerprint density at radius 2 is 0.553 bits per heavy atom. The second-order valence-electron chi connectivity index (χ2n) is 17.7. The Labute approximate surface area is 437 Å². The molecule has 24 heteroatoms. The van der Waals surface area contributed by atoms with Gasteiger partial charge in [-0.3, -0.25) is 28.8 Å². The largest absolute Gasteiger partial charge is 0.480 e. The fourth-order valence-corrected chi connectivity index (χ4v) is 8.32. The third-order valence-corrected chi connectivity index (χ3v) is 12.4. The Morgan fingerprint density at radius 3 is 0.737 bits per heavy atom. The molecule has 8 N–H and O–H groups in total. The summed E-state index contributed by atoms with van der Waals surface area (Å²) in [6.07, 6.45) is 12.1. The maximum atomic E-state index is 14.1. The van der Waals surface area contributed by atoms with Crippen molar-refractivity contribution in [2.45, 2.75) is 75.5 Å². The van der Waals surface area contributed by atoms with Gasteiger partial charge in [-0.1, -0.05) is 0 Å². The van der Waals surface area contributed by atoms with E-state index in [4.69, 9.17) is 0 Å². The number of aromatic nitrogens is 4. The number of carbonyl (C=O) groups is 10. The fourth-order valence-electron chi connectivity index (χ4n) is 8.32. The van der Waals surface area contributed by atoms with Gasteiger partial charge in [0.2, 0.25) is 23.6 Å². The molecule has 5 aromatic rings. The minimum absolute atomic E-state index is 0.00206. The molecule has 0 saturated heterocycles. The van der Waals surface area contributed by atoms with Crippen molar-refractivity contribution in [3.05, 3.63) is 133 Å². The molecule has 6 amide bonds. The third-order valence-electron chi connectivity index (χ3n) is 12.4. The summed E-state index contributed by atoms with van der Waals surface area (Å²) in [7, 11) is 0. The van der Waals surface area contributed by atoms with Crippen LogP contribution in [0.1, 0.15) is 96.2 Å². The maximum Gasteiger partial charge on any atom is 0.326 e. The molecule has 76 heavy (non-hydrogen) atoms. The van der Waals surface area contributed by atoms with Crippen molar-refractivity contribution in [3.63, 3.8) is 0 Å². The van der Waals surface area contributed by atoms with Crippen LogP contribution in [0.2, 0.25) is 0 Å². The summed E-state index contributed by atoms with van der Waals surface area (Å²) in [6, 6.07) is 15.1. The summed E-state index contributed by atoms with van der Waals surface area (Å²) in [5.41, 5.74) is 0.262. The first kappa shape index (κ1) is 57.9. The lowest BCUT2D eigenvalue weighted by atomic mass is 10.1. The quantitative estimate of drug-likeness (QED) is 0.0294. The molecular weight excluding hydrogens is 989 g/mol. The molecule has 0 bridgehead atoms. The molecule has 4 aromatic heterocycles. The Morgan fingerprint density at radius 1 is 0.355 bits per heavy atom. The Kier molecular flexibility index (Phi) is 22.6. The Balaban J connectivity index is 1.23. The highest BCUT2D eigenvalue weighted by atomic mass is 16.4. The first-order valence-electron chi connectivity index (χ1n) is 24.7. The van der Waals surface area contributed by atoms with Gasteiger partial charge in [0.05, 0.1) is 0 Å². The number of amides is 6. The van der Waals surface area contributed by atoms with E-state index >= 15 is 0 Å². The molecule has 4 atom stereocenters. The van der Waals surface area contributed by atoms with Gasteiger partial charge in [0.25, 0.3) is 11.8 Å². The Hall–Kier alpha value is -8.96. The number of carboxylic acid groups (broad SMARTS) is 4. The van der Waals surface area contributed by atoms with Crippen LogP contribution in [0.4, 0.5) is 0 Å². The van der Waals surface area contributed by atoms with Crippen molar-refractivity contribution < 1.29 is 68.4 Å². The molecular formula is C52H64N10O14. The minimum atomic E-state index is -1.11. The summed E-state index contributed by atoms with van der Waals surface area (Å²) in [5.74, 6) is -7.34. The van der Waals surface area contributed by atoms with Crippen LogP contribution < -0.4 is 21.3 Å². The number of aliphatic carboxylic acids is 4. The number of carbonyl (C=O) groups excluding carboxylic acids is 6. The number of benzene rings is 1. The maximum absolute atomic E-state index is 14.1. The van der Waals surface area contributed by atoms with Gasteiger partial charge in [0.1, 0.15) is 24.2 Å². The van der Waals surface area contributed by atoms with Gasteiger partial charge in [-0.2, -0.15) is 0 Å². The average molecular weight is 1050 g/mol. The highest BCUT2D eigenvalue weighted by Gasteiger charge is 2.25. The van der Waals surface area contributed by atoms with Crippen LogP contribution >= 0.6 is 0 Å². The predicted molar refractivity (Wildman–Crippen MR) is 272 cm³/mol. The van der Waals surface area contributed by atoms with Crippen LogP contribution in [0, 0.1) is 0 Å². The van der Waals surface area contributed by atoms with E-state index in [1.54, 1.807) is 98.1 Å². The van der Waals surface area contributed by atoms with Gasteiger partial charge in [0, 0.05) is 139 Å². The highest BCUT2D eigenvalue weighted by molar-refractivity contribution is 5.98. The van der Waals surface area contributed by atoms with Crippen molar-refractivity contribution in [3.8, 4) is 0 Å². The number of carboxylic acids is 4. The van der Waals surface area contributed by atoms with Crippen LogP contribution in [-0.2, 0) is 38.4 Å². The normalized spacial score (nSPS) is 12.5. The topological polar surface area (TPSA) is 326 Å². The molecule has 0 saturated carbocycles. The Bertz CT molecular complexity index is 2360. The summed E-state index contributed by atoms with van der Waals surface area (Å²) in [4.78, 5) is 130. The number of hydrogen-bond acceptors (Lipinski definition) is 10. The van der Waals surface area contributed by atoms with Crippen LogP contribution in [0.15, 0.2) is 122 Å². The van der Waals surface area contributed by atoms with Crippen LogP contribution in [0.5, 0.6) is 0 Å². The molecule has 0 radical (unpaired) electrons. The monoisotopic (exact) mass is 1050 g/mol. The second kappa shape index (κ2) is 29.7. The lowest BCUT2D eigenvalue weighted by molar-refractivity contribution is -0.142. The average Bonchev–Trinajstić information content (AvgIpc) is 4.26. The number of rotatable bonds is 34. The third kappa shape index (κ3) is 18.2. The van der Waals surface area contributed by atoms with Gasteiger partial charge in [-0.25, -0.2) is 19.2 Å². The molecule has 0 fully saturated rings. The molecule has 24 nitrogen and oxygen atoms in total. The first-order valence-corrected chi connectivity index (χ1v) is 24.7. The zero-order valence-electron chi connectivity index (χ0n) is 41.7. The van der Waals surface area contributed by atoms with E-state index in [1.807, 2.05) is 0 Å². The first-order chi connectivity index (χ1) is 36.5. The van der Waals surface area contributed by atoms with Gasteiger partial charge in [-0.15, -0.1) is 0 Å². The van der Waals surface area contributed by atoms with Crippen LogP contribution in [-0.4, -0.2) is 160 Å². The van der Waals surface area contributed by atoms with E-state index in [1.165, 1.54) is 52.3 Å². The SMILES string of the molecule is O=C(CC[C@H](C(=O)O)n1cccc1)NCCN(CCNC(=O)CC[C@@H](C(=O)O)n1cccc1)C(=O)c1ccc(C(=O)N(CCNC(=O)CC[C@@H](C(=O)O)n2cccc2)CCNC(=O)CC[C@@H](C(=O)O)n2cccc2)cc1. The summed E-state index contributed by atoms with van der Waals surface area (Å²) in [6.45, 7) is -0.374. The minimum Gasteiger partial charge on any atom is -0.480 e. The van der Waals surface area contributed by atoms with E-state index in [0.717, 1.165) is 0 Å². The second-order valence-corrected chi connectivity index (χ2v) is 17.7. The molecule has 4 heterocycles. The molecule has 0 aliphatic heterocycles. The van der Waals surface area contributed by atoms with Gasteiger partial charge in [-0.05, 0) is 98.5 Å². The highest BCUT2D eigenvalue weighted by Crippen LogP contribution is 2.18. The zero-order valence-corrected chi connectivity index (χ0v) is 41.7. The molecule has 1 aromatic carbocycles. The van der Waals surface area contributed by atoms with E-state index in [-0.39, 0.29) is 115 Å². The molecule has 0 aliphatic rings. The molecule has 0 aliphatic carbocycles. The summed E-state index contributed by atoms with van der Waals surface area (Å²) >= 11 is 0. The van der Waals surface area contributed by atoms with E-state index in [9.17, 15) is 68.4 Å². The van der Waals surface area contributed by atoms with Crippen molar-refractivity contribution in [2.24, 2.45) is 0 Å². The molecule has 5 rings (SSSR count). The standard InChI is InChI=1S/C52H64N10O14/c63-43(17-13-39(49(69)70)57-25-1-2-26-57)53-21-33-61(34-22-54-44(64)18-14-40(50(71)72)58-27-3-4-28-58)47(67)37-9-11-38(12-10-37)48(68)62(35-23-55-45(65)19-15-41(51(73)74)59-29-5-6-30-59)36-24-56-46(66)20-16-42(52(75)76)60-31-7-8-32-60/h1-12,25-32,39-42H,13-24,33-36H2,(H,53,63)(H,54,64)(H,55,65)(H,56,66)(H,69,70)(H,71,72)(H,73,74)(H,75,76)/t39-,40-,41-,42+/m0/s1. The zero-order chi connectivity index (χ0) is 55.0. The van der Waals surface area contributed by atoms with Crippen LogP contribution in [0.3, 0.4) is 0 Å².